The molecule has 2 aromatic rings. The molecular weight excluding hydrogens is 436 g/mol. The topological polar surface area (TPSA) is 143 Å². The van der Waals surface area contributed by atoms with E-state index in [2.05, 4.69) is 25.5 Å². The van der Waals surface area contributed by atoms with E-state index in [1.807, 2.05) is 6.07 Å². The Morgan fingerprint density at radius 1 is 1.21 bits per heavy atom. The quantitative estimate of drug-likeness (QED) is 0.428. The second-order valence-corrected chi connectivity index (χ2v) is 9.61. The fraction of sp³-hybridized carbons (Fsp3) is 0.500. The van der Waals surface area contributed by atoms with Gasteiger partial charge in [-0.3, -0.25) is 9.59 Å². The maximum absolute atomic E-state index is 13.0. The summed E-state index contributed by atoms with van der Waals surface area (Å²) in [6.07, 6.45) is 4.84. The summed E-state index contributed by atoms with van der Waals surface area (Å²) in [5, 5.41) is 15.4. The minimum Gasteiger partial charge on any atom is -0.495 e. The van der Waals surface area contributed by atoms with Crippen LogP contribution in [0, 0.1) is 5.41 Å². The number of anilines is 2. The van der Waals surface area contributed by atoms with Gasteiger partial charge in [-0.15, -0.1) is 0 Å². The standard InChI is InChI=1S/C24H34N6O4/c1-23(2,3)24(25,15-20(31)32)29-21(33)16-6-7-18(19(14-16)34-4)30-12-8-17(9-13-30)28-22-26-10-5-11-27-22/h5-7,10-11,14,17H,8-9,12-13,15,25H2,1-4H3,(H,29,33)(H,31,32)(H,26,27,28). The predicted molar refractivity (Wildman–Crippen MR) is 130 cm³/mol. The molecule has 1 unspecified atom stereocenters. The highest BCUT2D eigenvalue weighted by atomic mass is 16.5. The van der Waals surface area contributed by atoms with Gasteiger partial charge in [0.15, 0.2) is 0 Å². The number of hydrogen-bond donors (Lipinski definition) is 4. The second kappa shape index (κ2) is 10.3. The van der Waals surface area contributed by atoms with Crippen molar-refractivity contribution in [1.29, 1.82) is 0 Å². The number of amides is 1. The van der Waals surface area contributed by atoms with E-state index < -0.39 is 29.4 Å². The highest BCUT2D eigenvalue weighted by molar-refractivity contribution is 5.96. The van der Waals surface area contributed by atoms with Crippen LogP contribution in [0.1, 0.15) is 50.4 Å². The number of nitrogens with two attached hydrogens (primary N) is 1. The number of ether oxygens (including phenoxy) is 1. The molecule has 1 aliphatic rings. The molecule has 1 aromatic heterocycles. The average molecular weight is 471 g/mol. The van der Waals surface area contributed by atoms with Gasteiger partial charge < -0.3 is 31.1 Å². The van der Waals surface area contributed by atoms with Gasteiger partial charge in [0.05, 0.1) is 19.2 Å². The van der Waals surface area contributed by atoms with Crippen LogP contribution < -0.4 is 26.0 Å². The van der Waals surface area contributed by atoms with Gasteiger partial charge in [-0.05, 0) is 42.5 Å². The van der Waals surface area contributed by atoms with Crippen LogP contribution in [0.5, 0.6) is 5.75 Å². The average Bonchev–Trinajstić information content (AvgIpc) is 2.78. The van der Waals surface area contributed by atoms with Gasteiger partial charge in [0.2, 0.25) is 5.95 Å². The van der Waals surface area contributed by atoms with E-state index in [0.29, 0.717) is 17.3 Å². The molecule has 2 heterocycles. The van der Waals surface area contributed by atoms with Crippen molar-refractivity contribution in [2.24, 2.45) is 11.1 Å². The lowest BCUT2D eigenvalue weighted by atomic mass is 9.78. The van der Waals surface area contributed by atoms with Gasteiger partial charge in [-0.25, -0.2) is 9.97 Å². The second-order valence-electron chi connectivity index (χ2n) is 9.61. The number of carbonyl (C=O) groups excluding carboxylic acids is 1. The smallest absolute Gasteiger partial charge is 0.307 e. The minimum absolute atomic E-state index is 0.277. The fourth-order valence-electron chi connectivity index (χ4n) is 3.91. The number of piperidine rings is 1. The predicted octanol–water partition coefficient (Wildman–Crippen LogP) is 2.47. The fourth-order valence-corrected chi connectivity index (χ4v) is 3.91. The number of carboxylic acids is 1. The molecule has 5 N–H and O–H groups in total. The first kappa shape index (κ1) is 25.2. The zero-order chi connectivity index (χ0) is 24.9. The van der Waals surface area contributed by atoms with Crippen LogP contribution in [0.3, 0.4) is 0 Å². The zero-order valence-corrected chi connectivity index (χ0v) is 20.2. The van der Waals surface area contributed by atoms with Crippen LogP contribution in [-0.2, 0) is 4.79 Å². The van der Waals surface area contributed by atoms with Crippen LogP contribution in [0.2, 0.25) is 0 Å². The van der Waals surface area contributed by atoms with Gasteiger partial charge in [0, 0.05) is 37.1 Å². The monoisotopic (exact) mass is 470 g/mol. The van der Waals surface area contributed by atoms with Gasteiger partial charge >= 0.3 is 5.97 Å². The molecular formula is C24H34N6O4. The van der Waals surface area contributed by atoms with Crippen molar-refractivity contribution in [2.75, 3.05) is 30.4 Å². The van der Waals surface area contributed by atoms with Gasteiger partial charge in [0.1, 0.15) is 11.4 Å². The molecule has 0 saturated carbocycles. The molecule has 34 heavy (non-hydrogen) atoms. The summed E-state index contributed by atoms with van der Waals surface area (Å²) < 4.78 is 5.59. The van der Waals surface area contributed by atoms with E-state index in [0.717, 1.165) is 31.6 Å². The Hall–Kier alpha value is -3.40. The number of hydrogen-bond acceptors (Lipinski definition) is 8. The van der Waals surface area contributed by atoms with Crippen LogP contribution in [0.4, 0.5) is 11.6 Å². The SMILES string of the molecule is COc1cc(C(=O)NC(N)(CC(=O)O)C(C)(C)C)ccc1N1CCC(Nc2ncccn2)CC1. The number of carbonyl (C=O) groups is 2. The Balaban J connectivity index is 1.69. The molecule has 0 bridgehead atoms. The number of benzene rings is 1. The Morgan fingerprint density at radius 2 is 1.85 bits per heavy atom. The van der Waals surface area contributed by atoms with Crippen molar-refractivity contribution in [2.45, 2.75) is 51.7 Å². The van der Waals surface area contributed by atoms with Crippen LogP contribution in [0.25, 0.3) is 0 Å². The lowest BCUT2D eigenvalue weighted by molar-refractivity contribution is -0.139. The van der Waals surface area contributed by atoms with Gasteiger partial charge in [0.25, 0.3) is 5.91 Å². The van der Waals surface area contributed by atoms with E-state index in [4.69, 9.17) is 10.5 Å². The number of methoxy groups -OCH3 is 1. The van der Waals surface area contributed by atoms with Gasteiger partial charge in [-0.2, -0.15) is 0 Å². The Bertz CT molecular complexity index is 1000. The van der Waals surface area contributed by atoms with E-state index >= 15 is 0 Å². The molecule has 1 aromatic carbocycles. The summed E-state index contributed by atoms with van der Waals surface area (Å²) in [4.78, 5) is 35.0. The minimum atomic E-state index is -1.42. The molecule has 0 radical (unpaired) electrons. The van der Waals surface area contributed by atoms with Crippen molar-refractivity contribution < 1.29 is 19.4 Å². The highest BCUT2D eigenvalue weighted by Crippen LogP contribution is 2.33. The van der Waals surface area contributed by atoms with Crippen LogP contribution >= 0.6 is 0 Å². The van der Waals surface area contributed by atoms with Crippen molar-refractivity contribution in [1.82, 2.24) is 15.3 Å². The molecule has 1 aliphatic heterocycles. The maximum atomic E-state index is 13.0. The molecule has 0 spiro atoms. The summed E-state index contributed by atoms with van der Waals surface area (Å²) >= 11 is 0. The molecule has 1 saturated heterocycles. The van der Waals surface area contributed by atoms with Gasteiger partial charge in [-0.1, -0.05) is 20.8 Å². The zero-order valence-electron chi connectivity index (χ0n) is 20.2. The normalized spacial score (nSPS) is 16.4. The number of nitrogens with zero attached hydrogens (tertiary/aromatic N) is 3. The van der Waals surface area contributed by atoms with E-state index in [1.165, 1.54) is 0 Å². The molecule has 10 nitrogen and oxygen atoms in total. The Labute approximate surface area is 199 Å². The summed E-state index contributed by atoms with van der Waals surface area (Å²) in [6, 6.07) is 7.29. The summed E-state index contributed by atoms with van der Waals surface area (Å²) in [5.41, 5.74) is 5.49. The third-order valence-corrected chi connectivity index (χ3v) is 6.28. The molecule has 10 heteroatoms. The molecule has 1 fully saturated rings. The van der Waals surface area contributed by atoms with E-state index in [1.54, 1.807) is 58.5 Å². The van der Waals surface area contributed by atoms with E-state index in [-0.39, 0.29) is 6.04 Å². The first-order chi connectivity index (χ1) is 16.0. The van der Waals surface area contributed by atoms with Crippen molar-refractivity contribution in [3.05, 3.63) is 42.2 Å². The number of aliphatic carboxylic acids is 1. The van der Waals surface area contributed by atoms with Crippen molar-refractivity contribution >= 4 is 23.5 Å². The lowest BCUT2D eigenvalue weighted by Crippen LogP contribution is -2.64. The molecule has 0 aliphatic carbocycles. The molecule has 3 rings (SSSR count). The molecule has 1 amide bonds. The van der Waals surface area contributed by atoms with Crippen molar-refractivity contribution in [3.63, 3.8) is 0 Å². The molecule has 184 valence electrons. The van der Waals surface area contributed by atoms with Crippen molar-refractivity contribution in [3.8, 4) is 5.75 Å². The highest BCUT2D eigenvalue weighted by Gasteiger charge is 2.42. The Morgan fingerprint density at radius 3 is 2.41 bits per heavy atom. The van der Waals surface area contributed by atoms with Crippen LogP contribution in [0.15, 0.2) is 36.7 Å². The third kappa shape index (κ3) is 5.93. The first-order valence-electron chi connectivity index (χ1n) is 11.3. The Kier molecular flexibility index (Phi) is 7.61. The maximum Gasteiger partial charge on any atom is 0.307 e. The first-order valence-corrected chi connectivity index (χ1v) is 11.3. The summed E-state index contributed by atoms with van der Waals surface area (Å²) in [7, 11) is 1.56. The molecule has 1 atom stereocenters. The number of aromatic nitrogens is 2. The lowest BCUT2D eigenvalue weighted by Gasteiger charge is -2.41. The largest absolute Gasteiger partial charge is 0.495 e. The number of rotatable bonds is 8. The number of carboxylic acid groups (broad SMARTS) is 1. The van der Waals surface area contributed by atoms with E-state index in [9.17, 15) is 14.7 Å². The summed E-state index contributed by atoms with van der Waals surface area (Å²) in [5.74, 6) is -0.332. The summed E-state index contributed by atoms with van der Waals surface area (Å²) in [6.45, 7) is 6.99. The number of nitrogens with one attached hydrogen (secondary N) is 2. The third-order valence-electron chi connectivity index (χ3n) is 6.28. The van der Waals surface area contributed by atoms with Crippen LogP contribution in [-0.4, -0.2) is 58.9 Å².